The number of aromatic nitrogens is 2. The normalized spacial score (nSPS) is 16.5. The van der Waals surface area contributed by atoms with Crippen LogP contribution in [0.5, 0.6) is 0 Å². The van der Waals surface area contributed by atoms with Gasteiger partial charge in [0.15, 0.2) is 0 Å². The minimum atomic E-state index is -0.447. The van der Waals surface area contributed by atoms with Crippen molar-refractivity contribution in [1.82, 2.24) is 14.5 Å². The van der Waals surface area contributed by atoms with Crippen molar-refractivity contribution in [3.63, 3.8) is 0 Å². The highest BCUT2D eigenvalue weighted by molar-refractivity contribution is 9.10. The van der Waals surface area contributed by atoms with Gasteiger partial charge in [-0.1, -0.05) is 28.1 Å². The number of fused-ring (bicyclic) bond motifs is 1. The SMILES string of the molecule is Cc1cccc(N2CCN(C(=O)CCCn3c(=O)[nH]c4ccc(Br)cc4c3=O)C[C@@H]2C)c1. The molecule has 1 aliphatic rings. The number of anilines is 1. The molecule has 1 aromatic heterocycles. The third-order valence-electron chi connectivity index (χ3n) is 6.03. The van der Waals surface area contributed by atoms with Crippen LogP contribution >= 0.6 is 15.9 Å². The number of amides is 1. The number of aromatic amines is 1. The molecule has 32 heavy (non-hydrogen) atoms. The third-order valence-corrected chi connectivity index (χ3v) is 6.52. The van der Waals surface area contributed by atoms with Gasteiger partial charge in [-0.3, -0.25) is 14.2 Å². The summed E-state index contributed by atoms with van der Waals surface area (Å²) >= 11 is 3.36. The Morgan fingerprint density at radius 3 is 2.72 bits per heavy atom. The highest BCUT2D eigenvalue weighted by Gasteiger charge is 2.26. The molecule has 2 aromatic carbocycles. The number of hydrogen-bond donors (Lipinski definition) is 1. The number of nitrogens with one attached hydrogen (secondary N) is 1. The molecule has 1 fully saturated rings. The van der Waals surface area contributed by atoms with Crippen LogP contribution in [0.1, 0.15) is 25.3 Å². The Morgan fingerprint density at radius 1 is 1.16 bits per heavy atom. The predicted octanol–water partition coefficient (Wildman–Crippen LogP) is 3.28. The lowest BCUT2D eigenvalue weighted by atomic mass is 10.1. The van der Waals surface area contributed by atoms with Gasteiger partial charge in [0, 0.05) is 48.8 Å². The number of H-pyrrole nitrogens is 1. The van der Waals surface area contributed by atoms with Crippen LogP contribution in [0.15, 0.2) is 56.5 Å². The van der Waals surface area contributed by atoms with Gasteiger partial charge in [-0.05, 0) is 56.2 Å². The van der Waals surface area contributed by atoms with E-state index >= 15 is 0 Å². The second-order valence-electron chi connectivity index (χ2n) is 8.40. The maximum Gasteiger partial charge on any atom is 0.328 e. The van der Waals surface area contributed by atoms with Crippen LogP contribution in [0.2, 0.25) is 0 Å². The number of benzene rings is 2. The molecule has 0 spiro atoms. The Kier molecular flexibility index (Phi) is 6.50. The molecule has 7 nitrogen and oxygen atoms in total. The fourth-order valence-electron chi connectivity index (χ4n) is 4.35. The summed E-state index contributed by atoms with van der Waals surface area (Å²) < 4.78 is 1.95. The van der Waals surface area contributed by atoms with Gasteiger partial charge in [-0.25, -0.2) is 4.79 Å². The van der Waals surface area contributed by atoms with Crippen molar-refractivity contribution in [3.05, 3.63) is 73.3 Å². The number of rotatable bonds is 5. The highest BCUT2D eigenvalue weighted by atomic mass is 79.9. The van der Waals surface area contributed by atoms with Crippen molar-refractivity contribution in [2.24, 2.45) is 0 Å². The second kappa shape index (κ2) is 9.32. The quantitative estimate of drug-likeness (QED) is 0.585. The number of halogens is 1. The molecule has 3 aromatic rings. The Hall–Kier alpha value is -2.87. The fraction of sp³-hybridized carbons (Fsp3) is 0.375. The van der Waals surface area contributed by atoms with Gasteiger partial charge < -0.3 is 14.8 Å². The zero-order valence-corrected chi connectivity index (χ0v) is 19.9. The molecule has 2 heterocycles. The van der Waals surface area contributed by atoms with Gasteiger partial charge in [0.25, 0.3) is 5.56 Å². The van der Waals surface area contributed by atoms with E-state index in [1.165, 1.54) is 15.8 Å². The Bertz CT molecular complexity index is 1270. The summed E-state index contributed by atoms with van der Waals surface area (Å²) in [7, 11) is 0. The average molecular weight is 499 g/mol. The van der Waals surface area contributed by atoms with Crippen LogP contribution in [0.4, 0.5) is 5.69 Å². The molecule has 0 unspecified atom stereocenters. The molecule has 1 amide bonds. The van der Waals surface area contributed by atoms with Crippen LogP contribution in [0.3, 0.4) is 0 Å². The highest BCUT2D eigenvalue weighted by Crippen LogP contribution is 2.22. The van der Waals surface area contributed by atoms with Crippen LogP contribution in [0, 0.1) is 6.92 Å². The van der Waals surface area contributed by atoms with E-state index in [9.17, 15) is 14.4 Å². The van der Waals surface area contributed by atoms with Gasteiger partial charge in [-0.15, -0.1) is 0 Å². The first-order chi connectivity index (χ1) is 15.3. The van der Waals surface area contributed by atoms with Crippen LogP contribution in [-0.2, 0) is 11.3 Å². The van der Waals surface area contributed by atoms with E-state index < -0.39 is 5.69 Å². The molecular weight excluding hydrogens is 472 g/mol. The minimum Gasteiger partial charge on any atom is -0.365 e. The fourth-order valence-corrected chi connectivity index (χ4v) is 4.71. The average Bonchev–Trinajstić information content (AvgIpc) is 2.76. The Balaban J connectivity index is 1.37. The number of carbonyl (C=O) groups is 1. The molecule has 168 valence electrons. The van der Waals surface area contributed by atoms with Gasteiger partial charge in [0.05, 0.1) is 10.9 Å². The van der Waals surface area contributed by atoms with Gasteiger partial charge in [0.1, 0.15) is 0 Å². The molecule has 1 saturated heterocycles. The third kappa shape index (κ3) is 4.65. The van der Waals surface area contributed by atoms with Gasteiger partial charge in [0.2, 0.25) is 5.91 Å². The molecule has 0 aliphatic carbocycles. The van der Waals surface area contributed by atoms with E-state index in [0.717, 1.165) is 11.0 Å². The van der Waals surface area contributed by atoms with E-state index in [2.05, 4.69) is 63.9 Å². The van der Waals surface area contributed by atoms with Gasteiger partial charge in [-0.2, -0.15) is 0 Å². The molecule has 8 heteroatoms. The Morgan fingerprint density at radius 2 is 1.97 bits per heavy atom. The minimum absolute atomic E-state index is 0.0637. The number of carbonyl (C=O) groups excluding carboxylic acids is 1. The maximum absolute atomic E-state index is 12.8. The first-order valence-electron chi connectivity index (χ1n) is 10.9. The lowest BCUT2D eigenvalue weighted by molar-refractivity contribution is -0.132. The van der Waals surface area contributed by atoms with Crippen molar-refractivity contribution >= 4 is 38.4 Å². The molecule has 0 radical (unpaired) electrons. The predicted molar refractivity (Wildman–Crippen MR) is 130 cm³/mol. The van der Waals surface area contributed by atoms with E-state index in [0.29, 0.717) is 36.8 Å². The van der Waals surface area contributed by atoms with Crippen LogP contribution in [-0.4, -0.2) is 46.0 Å². The van der Waals surface area contributed by atoms with E-state index in [1.807, 2.05) is 4.90 Å². The van der Waals surface area contributed by atoms with E-state index in [-0.39, 0.29) is 24.1 Å². The van der Waals surface area contributed by atoms with Gasteiger partial charge >= 0.3 is 5.69 Å². The monoisotopic (exact) mass is 498 g/mol. The van der Waals surface area contributed by atoms with E-state index in [4.69, 9.17) is 0 Å². The Labute approximate surface area is 194 Å². The van der Waals surface area contributed by atoms with Crippen LogP contribution < -0.4 is 16.1 Å². The van der Waals surface area contributed by atoms with Crippen molar-refractivity contribution in [2.45, 2.75) is 39.3 Å². The molecule has 0 saturated carbocycles. The molecule has 4 rings (SSSR count). The largest absolute Gasteiger partial charge is 0.365 e. The van der Waals surface area contributed by atoms with Crippen molar-refractivity contribution in [1.29, 1.82) is 0 Å². The summed E-state index contributed by atoms with van der Waals surface area (Å²) in [4.78, 5) is 44.8. The topological polar surface area (TPSA) is 78.4 Å². The molecule has 1 N–H and O–H groups in total. The number of aryl methyl sites for hydroxylation is 1. The summed E-state index contributed by atoms with van der Waals surface area (Å²) in [5, 5.41) is 0.450. The van der Waals surface area contributed by atoms with Crippen molar-refractivity contribution < 1.29 is 4.79 Å². The standard InChI is InChI=1S/C24H27BrN4O3/c1-16-5-3-6-19(13-16)28-12-11-27(15-17(28)2)22(30)7-4-10-29-23(31)20-14-18(25)8-9-21(20)26-24(29)32/h3,5-6,8-9,13-14,17H,4,7,10-12,15H2,1-2H3,(H,26,32)/t17-/m0/s1. The maximum atomic E-state index is 12.8. The summed E-state index contributed by atoms with van der Waals surface area (Å²) in [6.07, 6.45) is 0.743. The summed E-state index contributed by atoms with van der Waals surface area (Å²) in [5.74, 6) is 0.0637. The summed E-state index contributed by atoms with van der Waals surface area (Å²) in [6, 6.07) is 13.8. The van der Waals surface area contributed by atoms with Crippen molar-refractivity contribution in [2.75, 3.05) is 24.5 Å². The molecule has 0 bridgehead atoms. The first-order valence-corrected chi connectivity index (χ1v) is 11.7. The van der Waals surface area contributed by atoms with Crippen molar-refractivity contribution in [3.8, 4) is 0 Å². The zero-order chi connectivity index (χ0) is 22.8. The smallest absolute Gasteiger partial charge is 0.328 e. The molecule has 1 aliphatic heterocycles. The number of nitrogens with zero attached hydrogens (tertiary/aromatic N) is 3. The second-order valence-corrected chi connectivity index (χ2v) is 9.32. The lowest BCUT2D eigenvalue weighted by Gasteiger charge is -2.41. The number of hydrogen-bond acceptors (Lipinski definition) is 4. The summed E-state index contributed by atoms with van der Waals surface area (Å²) in [5.41, 5.74) is 2.14. The number of piperazine rings is 1. The zero-order valence-electron chi connectivity index (χ0n) is 18.3. The van der Waals surface area contributed by atoms with E-state index in [1.54, 1.807) is 18.2 Å². The molecular formula is C24H27BrN4O3. The first kappa shape index (κ1) is 22.3. The van der Waals surface area contributed by atoms with Crippen LogP contribution in [0.25, 0.3) is 10.9 Å². The lowest BCUT2D eigenvalue weighted by Crippen LogP contribution is -2.53. The summed E-state index contributed by atoms with van der Waals surface area (Å²) in [6.45, 7) is 6.54. The molecule has 1 atom stereocenters.